The van der Waals surface area contributed by atoms with Crippen LogP contribution in [0, 0.1) is 5.82 Å². The van der Waals surface area contributed by atoms with Gasteiger partial charge >= 0.3 is 5.97 Å². The van der Waals surface area contributed by atoms with Gasteiger partial charge in [0.25, 0.3) is 0 Å². The molecule has 0 amide bonds. The van der Waals surface area contributed by atoms with Gasteiger partial charge in [-0.05, 0) is 18.2 Å². The van der Waals surface area contributed by atoms with Crippen LogP contribution in [0.25, 0.3) is 0 Å². The minimum absolute atomic E-state index is 0.0719. The zero-order valence-corrected chi connectivity index (χ0v) is 10.9. The number of hydrogen-bond donors (Lipinski definition) is 1. The molecule has 0 spiro atoms. The zero-order valence-electron chi connectivity index (χ0n) is 10.9. The molecule has 6 heteroatoms. The third kappa shape index (κ3) is 5.67. The van der Waals surface area contributed by atoms with Gasteiger partial charge < -0.3 is 19.9 Å². The number of carbonyl (C=O) groups is 1. The van der Waals surface area contributed by atoms with Crippen LogP contribution < -0.4 is 5.73 Å². The van der Waals surface area contributed by atoms with Crippen molar-refractivity contribution in [2.45, 2.75) is 6.42 Å². The summed E-state index contributed by atoms with van der Waals surface area (Å²) in [7, 11) is 1.60. The molecular formula is C13H18FNO4. The van der Waals surface area contributed by atoms with Crippen molar-refractivity contribution in [1.29, 1.82) is 0 Å². The van der Waals surface area contributed by atoms with Gasteiger partial charge in [-0.2, -0.15) is 0 Å². The van der Waals surface area contributed by atoms with Gasteiger partial charge in [0, 0.05) is 20.1 Å². The first-order valence-corrected chi connectivity index (χ1v) is 5.94. The van der Waals surface area contributed by atoms with Gasteiger partial charge in [-0.1, -0.05) is 0 Å². The lowest BCUT2D eigenvalue weighted by atomic mass is 10.2. The number of anilines is 1. The van der Waals surface area contributed by atoms with Gasteiger partial charge in [-0.25, -0.2) is 9.18 Å². The van der Waals surface area contributed by atoms with Crippen LogP contribution in [0.2, 0.25) is 0 Å². The predicted molar refractivity (Wildman–Crippen MR) is 68.4 cm³/mol. The number of esters is 1. The molecule has 0 bridgehead atoms. The van der Waals surface area contributed by atoms with Crippen LogP contribution >= 0.6 is 0 Å². The van der Waals surface area contributed by atoms with E-state index in [0.29, 0.717) is 26.2 Å². The fourth-order valence-corrected chi connectivity index (χ4v) is 1.32. The Bertz CT molecular complexity index is 412. The van der Waals surface area contributed by atoms with Crippen LogP contribution in [-0.2, 0) is 14.2 Å². The van der Waals surface area contributed by atoms with E-state index in [9.17, 15) is 9.18 Å². The van der Waals surface area contributed by atoms with Crippen LogP contribution in [0.3, 0.4) is 0 Å². The molecule has 0 aromatic heterocycles. The number of methoxy groups -OCH3 is 1. The first kappa shape index (κ1) is 15.4. The van der Waals surface area contributed by atoms with Crippen molar-refractivity contribution in [3.05, 3.63) is 29.6 Å². The van der Waals surface area contributed by atoms with E-state index in [1.165, 1.54) is 12.1 Å². The zero-order chi connectivity index (χ0) is 14.1. The molecule has 0 radical (unpaired) electrons. The summed E-state index contributed by atoms with van der Waals surface area (Å²) in [5, 5.41) is 0. The fraction of sp³-hybridized carbons (Fsp3) is 0.462. The molecule has 0 heterocycles. The van der Waals surface area contributed by atoms with Gasteiger partial charge in [0.1, 0.15) is 5.82 Å². The first-order chi connectivity index (χ1) is 9.15. The summed E-state index contributed by atoms with van der Waals surface area (Å²) < 4.78 is 27.9. The molecule has 2 N–H and O–H groups in total. The quantitative estimate of drug-likeness (QED) is 0.442. The molecule has 0 aliphatic rings. The number of rotatable bonds is 8. The normalized spacial score (nSPS) is 10.4. The third-order valence-electron chi connectivity index (χ3n) is 2.33. The van der Waals surface area contributed by atoms with E-state index in [1.54, 1.807) is 7.11 Å². The topological polar surface area (TPSA) is 70.8 Å². The SMILES string of the molecule is COCCOCCCOC(=O)c1ccc(F)c(N)c1. The van der Waals surface area contributed by atoms with E-state index >= 15 is 0 Å². The van der Waals surface area contributed by atoms with Crippen molar-refractivity contribution in [1.82, 2.24) is 0 Å². The molecule has 1 aromatic carbocycles. The van der Waals surface area contributed by atoms with E-state index in [4.69, 9.17) is 19.9 Å². The number of benzene rings is 1. The second kappa shape index (κ2) is 8.44. The van der Waals surface area contributed by atoms with Crippen LogP contribution in [0.1, 0.15) is 16.8 Å². The maximum atomic E-state index is 12.9. The Morgan fingerprint density at radius 3 is 2.74 bits per heavy atom. The van der Waals surface area contributed by atoms with E-state index in [2.05, 4.69) is 0 Å². The van der Waals surface area contributed by atoms with Crippen molar-refractivity contribution in [3.63, 3.8) is 0 Å². The lowest BCUT2D eigenvalue weighted by Gasteiger charge is -2.06. The molecule has 0 aliphatic heterocycles. The van der Waals surface area contributed by atoms with Crippen molar-refractivity contribution in [2.24, 2.45) is 0 Å². The summed E-state index contributed by atoms with van der Waals surface area (Å²) >= 11 is 0. The Hall–Kier alpha value is -1.66. The number of hydrogen-bond acceptors (Lipinski definition) is 5. The maximum absolute atomic E-state index is 12.9. The average molecular weight is 271 g/mol. The summed E-state index contributed by atoms with van der Waals surface area (Å²) in [6.07, 6.45) is 0.589. The molecular weight excluding hydrogens is 253 g/mol. The number of carbonyl (C=O) groups excluding carboxylic acids is 1. The van der Waals surface area contributed by atoms with Crippen molar-refractivity contribution < 1.29 is 23.4 Å². The minimum Gasteiger partial charge on any atom is -0.462 e. The molecule has 0 aliphatic carbocycles. The van der Waals surface area contributed by atoms with Crippen LogP contribution in [0.4, 0.5) is 10.1 Å². The van der Waals surface area contributed by atoms with E-state index < -0.39 is 11.8 Å². The molecule has 0 saturated carbocycles. The molecule has 0 unspecified atom stereocenters. The summed E-state index contributed by atoms with van der Waals surface area (Å²) in [5.74, 6) is -1.08. The summed E-state index contributed by atoms with van der Waals surface area (Å²) in [6.45, 7) is 1.78. The Balaban J connectivity index is 2.22. The first-order valence-electron chi connectivity index (χ1n) is 5.94. The Morgan fingerprint density at radius 1 is 1.26 bits per heavy atom. The van der Waals surface area contributed by atoms with Crippen LogP contribution in [0.5, 0.6) is 0 Å². The van der Waals surface area contributed by atoms with Gasteiger partial charge in [0.2, 0.25) is 0 Å². The molecule has 19 heavy (non-hydrogen) atoms. The Morgan fingerprint density at radius 2 is 2.05 bits per heavy atom. The molecule has 5 nitrogen and oxygen atoms in total. The highest BCUT2D eigenvalue weighted by atomic mass is 19.1. The third-order valence-corrected chi connectivity index (χ3v) is 2.33. The number of ether oxygens (including phenoxy) is 3. The second-order valence-electron chi connectivity index (χ2n) is 3.83. The number of halogens is 1. The Kier molecular flexibility index (Phi) is 6.84. The summed E-state index contributed by atoms with van der Waals surface area (Å²) in [4.78, 5) is 11.6. The van der Waals surface area contributed by atoms with Gasteiger partial charge in [-0.15, -0.1) is 0 Å². The highest BCUT2D eigenvalue weighted by Gasteiger charge is 2.09. The molecule has 0 atom stereocenters. The number of nitrogens with two attached hydrogens (primary N) is 1. The Labute approximate surface area is 111 Å². The molecule has 1 rings (SSSR count). The lowest BCUT2D eigenvalue weighted by molar-refractivity contribution is 0.0385. The smallest absolute Gasteiger partial charge is 0.338 e. The van der Waals surface area contributed by atoms with Crippen LogP contribution in [-0.4, -0.2) is 39.5 Å². The van der Waals surface area contributed by atoms with Gasteiger partial charge in [-0.3, -0.25) is 0 Å². The lowest BCUT2D eigenvalue weighted by Crippen LogP contribution is -2.10. The summed E-state index contributed by atoms with van der Waals surface area (Å²) in [6, 6.07) is 3.73. The van der Waals surface area contributed by atoms with E-state index in [0.717, 1.165) is 6.07 Å². The van der Waals surface area contributed by atoms with Crippen LogP contribution in [0.15, 0.2) is 18.2 Å². The van der Waals surface area contributed by atoms with E-state index in [1.807, 2.05) is 0 Å². The van der Waals surface area contributed by atoms with E-state index in [-0.39, 0.29) is 17.9 Å². The minimum atomic E-state index is -0.553. The standard InChI is InChI=1S/C13H18FNO4/c1-17-7-8-18-5-2-6-19-13(16)10-3-4-11(14)12(15)9-10/h3-4,9H,2,5-8,15H2,1H3. The molecule has 0 saturated heterocycles. The van der Waals surface area contributed by atoms with Gasteiger partial charge in [0.05, 0.1) is 31.1 Å². The summed E-state index contributed by atoms with van der Waals surface area (Å²) in [5.41, 5.74) is 5.53. The van der Waals surface area contributed by atoms with Gasteiger partial charge in [0.15, 0.2) is 0 Å². The van der Waals surface area contributed by atoms with Crippen molar-refractivity contribution in [2.75, 3.05) is 39.3 Å². The number of nitrogen functional groups attached to an aromatic ring is 1. The molecule has 0 fully saturated rings. The second-order valence-corrected chi connectivity index (χ2v) is 3.83. The fourth-order valence-electron chi connectivity index (χ4n) is 1.32. The molecule has 1 aromatic rings. The predicted octanol–water partition coefficient (Wildman–Crippen LogP) is 1.62. The highest BCUT2D eigenvalue weighted by molar-refractivity contribution is 5.90. The monoisotopic (exact) mass is 271 g/mol. The van der Waals surface area contributed by atoms with Crippen molar-refractivity contribution in [3.8, 4) is 0 Å². The largest absolute Gasteiger partial charge is 0.462 e. The van der Waals surface area contributed by atoms with Crippen molar-refractivity contribution >= 4 is 11.7 Å². The maximum Gasteiger partial charge on any atom is 0.338 e. The molecule has 106 valence electrons. The average Bonchev–Trinajstić information content (AvgIpc) is 2.40. The highest BCUT2D eigenvalue weighted by Crippen LogP contribution is 2.13.